The number of thioether (sulfide) groups is 1. The van der Waals surface area contributed by atoms with E-state index in [0.717, 1.165) is 21.7 Å². The van der Waals surface area contributed by atoms with E-state index in [-0.39, 0.29) is 0 Å². The Morgan fingerprint density at radius 3 is 2.53 bits per heavy atom. The molecule has 1 aromatic carbocycles. The van der Waals surface area contributed by atoms with Crippen molar-refractivity contribution in [1.29, 1.82) is 0 Å². The van der Waals surface area contributed by atoms with E-state index in [4.69, 9.17) is 5.73 Å². The number of hydrogen-bond acceptors (Lipinski definition) is 4. The molecule has 0 radical (unpaired) electrons. The average Bonchev–Trinajstić information content (AvgIpc) is 2.41. The number of hydrogen-bond donors (Lipinski definition) is 1. The van der Waals surface area contributed by atoms with E-state index in [1.807, 2.05) is 18.2 Å². The number of rotatable bonds is 4. The van der Waals surface area contributed by atoms with Gasteiger partial charge in [0.2, 0.25) is 0 Å². The molecule has 1 aromatic heterocycles. The largest absolute Gasteiger partial charge is 0.383 e. The van der Waals surface area contributed by atoms with Crippen molar-refractivity contribution < 1.29 is 0 Å². The third-order valence-electron chi connectivity index (χ3n) is 2.61. The van der Waals surface area contributed by atoms with Crippen LogP contribution in [0.25, 0.3) is 0 Å². The number of nitrogens with zero attached hydrogens (tertiary/aromatic N) is 2. The topological polar surface area (TPSA) is 51.8 Å². The molecule has 0 saturated heterocycles. The normalized spacial score (nSPS) is 10.9. The van der Waals surface area contributed by atoms with Crippen molar-refractivity contribution in [3.05, 3.63) is 46.3 Å². The summed E-state index contributed by atoms with van der Waals surface area (Å²) in [6.45, 7) is 4.20. The van der Waals surface area contributed by atoms with Gasteiger partial charge < -0.3 is 5.73 Å². The fourth-order valence-corrected chi connectivity index (χ4v) is 3.05. The molecule has 5 heteroatoms. The molecule has 100 valence electrons. The number of benzene rings is 1. The van der Waals surface area contributed by atoms with Crippen LogP contribution in [0.4, 0.5) is 5.82 Å². The lowest BCUT2D eigenvalue weighted by molar-refractivity contribution is 0.794. The second-order valence-electron chi connectivity index (χ2n) is 4.48. The molecule has 19 heavy (non-hydrogen) atoms. The molecule has 2 N–H and O–H groups in total. The molecule has 0 fully saturated rings. The Kier molecular flexibility index (Phi) is 4.82. The summed E-state index contributed by atoms with van der Waals surface area (Å²) < 4.78 is 0.816. The van der Waals surface area contributed by atoms with Gasteiger partial charge in [-0.05, 0) is 34.0 Å². The van der Waals surface area contributed by atoms with Crippen molar-refractivity contribution in [2.24, 2.45) is 0 Å². The second-order valence-corrected chi connectivity index (χ2v) is 6.32. The van der Waals surface area contributed by atoms with Crippen LogP contribution in [-0.4, -0.2) is 9.97 Å². The summed E-state index contributed by atoms with van der Waals surface area (Å²) in [7, 11) is 0. The average molecular weight is 338 g/mol. The van der Waals surface area contributed by atoms with E-state index in [1.54, 1.807) is 11.8 Å². The van der Waals surface area contributed by atoms with Crippen molar-refractivity contribution in [2.45, 2.75) is 30.4 Å². The number of nitrogen functional groups attached to an aromatic ring is 1. The Labute approximate surface area is 126 Å². The first-order valence-corrected chi connectivity index (χ1v) is 7.85. The minimum atomic E-state index is 0.320. The van der Waals surface area contributed by atoms with E-state index in [0.29, 0.717) is 11.7 Å². The summed E-state index contributed by atoms with van der Waals surface area (Å²) in [4.78, 5) is 10.1. The van der Waals surface area contributed by atoms with Gasteiger partial charge in [0.05, 0.1) is 15.9 Å². The van der Waals surface area contributed by atoms with Gasteiger partial charge in [-0.15, -0.1) is 11.8 Å². The van der Waals surface area contributed by atoms with Crippen molar-refractivity contribution in [3.63, 3.8) is 0 Å². The molecule has 3 nitrogen and oxygen atoms in total. The van der Waals surface area contributed by atoms with E-state index < -0.39 is 0 Å². The lowest BCUT2D eigenvalue weighted by Gasteiger charge is -2.11. The summed E-state index contributed by atoms with van der Waals surface area (Å²) >= 11 is 5.17. The van der Waals surface area contributed by atoms with Gasteiger partial charge in [-0.25, -0.2) is 9.97 Å². The number of aromatic nitrogens is 2. The van der Waals surface area contributed by atoms with Crippen LogP contribution in [0.3, 0.4) is 0 Å². The smallest absolute Gasteiger partial charge is 0.141 e. The van der Waals surface area contributed by atoms with Crippen LogP contribution in [0.2, 0.25) is 0 Å². The number of nitrogens with two attached hydrogens (primary N) is 1. The van der Waals surface area contributed by atoms with Gasteiger partial charge in [-0.2, -0.15) is 0 Å². The molecule has 0 aliphatic rings. The van der Waals surface area contributed by atoms with Gasteiger partial charge in [0.15, 0.2) is 0 Å². The maximum Gasteiger partial charge on any atom is 0.141 e. The van der Waals surface area contributed by atoms with E-state index in [9.17, 15) is 0 Å². The van der Waals surface area contributed by atoms with Gasteiger partial charge in [-0.1, -0.05) is 32.0 Å². The molecule has 0 saturated carbocycles. The summed E-state index contributed by atoms with van der Waals surface area (Å²) in [6.07, 6.45) is 0. The minimum absolute atomic E-state index is 0.320. The minimum Gasteiger partial charge on any atom is -0.383 e. The maximum absolute atomic E-state index is 5.92. The van der Waals surface area contributed by atoms with Crippen molar-refractivity contribution in [2.75, 3.05) is 5.73 Å². The zero-order valence-corrected chi connectivity index (χ0v) is 13.3. The molecular formula is C14H16BrN3S. The third kappa shape index (κ3) is 3.70. The summed E-state index contributed by atoms with van der Waals surface area (Å²) in [5, 5.41) is 0. The van der Waals surface area contributed by atoms with Gasteiger partial charge in [0.25, 0.3) is 0 Å². The Balaban J connectivity index is 2.17. The molecule has 0 unspecified atom stereocenters. The predicted octanol–water partition coefficient (Wildman–Crippen LogP) is 4.24. The van der Waals surface area contributed by atoms with Crippen LogP contribution in [0, 0.1) is 0 Å². The highest BCUT2D eigenvalue weighted by molar-refractivity contribution is 9.10. The summed E-state index contributed by atoms with van der Waals surface area (Å²) in [6, 6.07) is 10.2. The molecule has 0 aliphatic heterocycles. The van der Waals surface area contributed by atoms with E-state index in [2.05, 4.69) is 51.9 Å². The first-order valence-electron chi connectivity index (χ1n) is 6.07. The number of anilines is 1. The van der Waals surface area contributed by atoms with Crippen molar-refractivity contribution in [3.8, 4) is 0 Å². The van der Waals surface area contributed by atoms with Crippen LogP contribution in [0.5, 0.6) is 0 Å². The molecular weight excluding hydrogens is 322 g/mol. The standard InChI is InChI=1S/C14H16BrN3S/c1-9(2)13-12(15)14(16)18-11(17-13)8-19-10-6-4-3-5-7-10/h3-7,9H,8H2,1-2H3,(H2,16,17,18). The monoisotopic (exact) mass is 337 g/mol. The molecule has 0 spiro atoms. The molecule has 2 aromatic rings. The number of halogens is 1. The Hall–Kier alpha value is -1.07. The molecule has 0 atom stereocenters. The summed E-state index contributed by atoms with van der Waals surface area (Å²) in [5.74, 6) is 2.34. The molecule has 1 heterocycles. The second kappa shape index (κ2) is 6.39. The molecule has 0 bridgehead atoms. The zero-order valence-electron chi connectivity index (χ0n) is 10.9. The van der Waals surface area contributed by atoms with Crippen LogP contribution in [-0.2, 0) is 5.75 Å². The summed E-state index contributed by atoms with van der Waals surface area (Å²) in [5.41, 5.74) is 6.89. The van der Waals surface area contributed by atoms with Gasteiger partial charge in [0, 0.05) is 4.90 Å². The molecule has 2 rings (SSSR count). The van der Waals surface area contributed by atoms with Crippen LogP contribution >= 0.6 is 27.7 Å². The zero-order chi connectivity index (χ0) is 13.8. The fourth-order valence-electron chi connectivity index (χ4n) is 1.64. The Morgan fingerprint density at radius 1 is 1.21 bits per heavy atom. The van der Waals surface area contributed by atoms with Crippen molar-refractivity contribution >= 4 is 33.5 Å². The van der Waals surface area contributed by atoms with Crippen LogP contribution in [0.1, 0.15) is 31.3 Å². The van der Waals surface area contributed by atoms with E-state index >= 15 is 0 Å². The maximum atomic E-state index is 5.92. The highest BCUT2D eigenvalue weighted by atomic mass is 79.9. The third-order valence-corrected chi connectivity index (χ3v) is 4.43. The van der Waals surface area contributed by atoms with Crippen LogP contribution < -0.4 is 5.73 Å². The Bertz CT molecular complexity index is 558. The van der Waals surface area contributed by atoms with Crippen LogP contribution in [0.15, 0.2) is 39.7 Å². The highest BCUT2D eigenvalue weighted by Gasteiger charge is 2.13. The van der Waals surface area contributed by atoms with Gasteiger partial charge in [-0.3, -0.25) is 0 Å². The van der Waals surface area contributed by atoms with Gasteiger partial charge in [0.1, 0.15) is 11.6 Å². The fraction of sp³-hybridized carbons (Fsp3) is 0.286. The predicted molar refractivity (Wildman–Crippen MR) is 84.2 cm³/mol. The molecule has 0 amide bonds. The lowest BCUT2D eigenvalue weighted by atomic mass is 10.1. The Morgan fingerprint density at radius 2 is 1.89 bits per heavy atom. The first kappa shape index (κ1) is 14.3. The highest BCUT2D eigenvalue weighted by Crippen LogP contribution is 2.28. The first-order chi connectivity index (χ1) is 9.08. The van der Waals surface area contributed by atoms with E-state index in [1.165, 1.54) is 4.90 Å². The SMILES string of the molecule is CC(C)c1nc(CSc2ccccc2)nc(N)c1Br. The molecule has 0 aliphatic carbocycles. The van der Waals surface area contributed by atoms with Crippen molar-refractivity contribution in [1.82, 2.24) is 9.97 Å². The van der Waals surface area contributed by atoms with Gasteiger partial charge >= 0.3 is 0 Å². The quantitative estimate of drug-likeness (QED) is 0.848. The lowest BCUT2D eigenvalue weighted by Crippen LogP contribution is -2.06.